The molecule has 168 valence electrons. The molecule has 2 aliphatic rings. The molecule has 8 heteroatoms. The summed E-state index contributed by atoms with van der Waals surface area (Å²) in [6, 6.07) is 19.6. The molecule has 1 amide bonds. The number of benzene rings is 3. The van der Waals surface area contributed by atoms with Crippen molar-refractivity contribution in [3.63, 3.8) is 0 Å². The molecule has 5 nitrogen and oxygen atoms in total. The van der Waals surface area contributed by atoms with Gasteiger partial charge >= 0.3 is 6.18 Å². The van der Waals surface area contributed by atoms with E-state index >= 15 is 0 Å². The first-order valence-electron chi connectivity index (χ1n) is 10.4. The highest BCUT2D eigenvalue weighted by Gasteiger charge is 2.53. The monoisotopic (exact) mass is 451 g/mol. The fourth-order valence-electron chi connectivity index (χ4n) is 4.45. The first-order valence-corrected chi connectivity index (χ1v) is 10.4. The van der Waals surface area contributed by atoms with Crippen LogP contribution in [-0.2, 0) is 16.5 Å². The van der Waals surface area contributed by atoms with Gasteiger partial charge in [-0.3, -0.25) is 9.69 Å². The molecule has 2 heterocycles. The lowest BCUT2D eigenvalue weighted by Gasteiger charge is -2.37. The topological polar surface area (TPSA) is 67.9 Å². The van der Waals surface area contributed by atoms with Gasteiger partial charge in [-0.2, -0.15) is 13.2 Å². The van der Waals surface area contributed by atoms with Crippen molar-refractivity contribution in [1.82, 2.24) is 4.90 Å². The Labute approximate surface area is 188 Å². The van der Waals surface area contributed by atoms with Gasteiger partial charge in [0.25, 0.3) is 5.91 Å². The summed E-state index contributed by atoms with van der Waals surface area (Å²) in [5.41, 5.74) is 6.24. The Bertz CT molecular complexity index is 1270. The molecule has 0 radical (unpaired) electrons. The molecule has 0 aromatic heterocycles. The standard InChI is InChI=1S/C25H20F3N3O2/c1-31-22(32)24(30-23(31)29)14-21(15-6-3-2-4-7-15)33-20-11-10-17(13-19(20)24)16-8-5-9-18(12-16)25(26,27)28/h2-13,21H,14H2,1H3,(H2,29,30). The van der Waals surface area contributed by atoms with E-state index in [-0.39, 0.29) is 18.3 Å². The van der Waals surface area contributed by atoms with Crippen LogP contribution in [0, 0.1) is 0 Å². The van der Waals surface area contributed by atoms with E-state index in [0.29, 0.717) is 22.4 Å². The number of carbonyl (C=O) groups is 1. The zero-order valence-electron chi connectivity index (χ0n) is 17.6. The van der Waals surface area contributed by atoms with Crippen LogP contribution < -0.4 is 10.5 Å². The third-order valence-electron chi connectivity index (χ3n) is 6.18. The van der Waals surface area contributed by atoms with Gasteiger partial charge in [-0.25, -0.2) is 4.99 Å². The maximum absolute atomic E-state index is 13.4. The highest BCUT2D eigenvalue weighted by molar-refractivity contribution is 6.07. The summed E-state index contributed by atoms with van der Waals surface area (Å²) in [4.78, 5) is 19.3. The smallest absolute Gasteiger partial charge is 0.416 e. The second kappa shape index (κ2) is 7.37. The van der Waals surface area contributed by atoms with Crippen molar-refractivity contribution in [2.75, 3.05) is 7.05 Å². The van der Waals surface area contributed by atoms with Gasteiger partial charge in [0, 0.05) is 19.0 Å². The van der Waals surface area contributed by atoms with Crippen molar-refractivity contribution in [1.29, 1.82) is 0 Å². The summed E-state index contributed by atoms with van der Waals surface area (Å²) in [6.45, 7) is 0. The molecule has 5 rings (SSSR count). The molecule has 33 heavy (non-hydrogen) atoms. The first-order chi connectivity index (χ1) is 15.7. The Kier molecular flexibility index (Phi) is 4.70. The molecular weight excluding hydrogens is 431 g/mol. The minimum absolute atomic E-state index is 0.0872. The van der Waals surface area contributed by atoms with E-state index in [4.69, 9.17) is 10.5 Å². The average molecular weight is 451 g/mol. The number of alkyl halides is 3. The molecular formula is C25H20F3N3O2. The fraction of sp³-hybridized carbons (Fsp3) is 0.200. The summed E-state index contributed by atoms with van der Waals surface area (Å²) in [6.07, 6.45) is -4.68. The first kappa shape index (κ1) is 21.1. The highest BCUT2D eigenvalue weighted by atomic mass is 19.4. The van der Waals surface area contributed by atoms with Gasteiger partial charge in [-0.05, 0) is 41.0 Å². The van der Waals surface area contributed by atoms with Crippen LogP contribution in [-0.4, -0.2) is 23.8 Å². The lowest BCUT2D eigenvalue weighted by Crippen LogP contribution is -2.43. The number of ether oxygens (including phenoxy) is 1. The number of guanidine groups is 1. The highest BCUT2D eigenvalue weighted by Crippen LogP contribution is 2.50. The second-order valence-electron chi connectivity index (χ2n) is 8.21. The lowest BCUT2D eigenvalue weighted by atomic mass is 9.79. The van der Waals surface area contributed by atoms with Gasteiger partial charge in [0.05, 0.1) is 5.56 Å². The zero-order valence-corrected chi connectivity index (χ0v) is 17.6. The Morgan fingerprint density at radius 1 is 1.03 bits per heavy atom. The van der Waals surface area contributed by atoms with Gasteiger partial charge < -0.3 is 10.5 Å². The van der Waals surface area contributed by atoms with Crippen LogP contribution >= 0.6 is 0 Å². The Hall–Kier alpha value is -3.81. The van der Waals surface area contributed by atoms with Crippen molar-refractivity contribution >= 4 is 11.9 Å². The van der Waals surface area contributed by atoms with Crippen LogP contribution in [0.15, 0.2) is 77.8 Å². The van der Waals surface area contributed by atoms with Gasteiger partial charge in [0.1, 0.15) is 11.9 Å². The molecule has 2 atom stereocenters. The van der Waals surface area contributed by atoms with Gasteiger partial charge in [0.15, 0.2) is 11.5 Å². The van der Waals surface area contributed by atoms with Crippen molar-refractivity contribution in [2.45, 2.75) is 24.2 Å². The number of carbonyl (C=O) groups excluding carboxylic acids is 1. The van der Waals surface area contributed by atoms with Crippen LogP contribution in [0.1, 0.15) is 29.2 Å². The third kappa shape index (κ3) is 3.42. The summed E-state index contributed by atoms with van der Waals surface area (Å²) >= 11 is 0. The van der Waals surface area contributed by atoms with Gasteiger partial charge in [0.2, 0.25) is 0 Å². The van der Waals surface area contributed by atoms with E-state index in [1.807, 2.05) is 30.3 Å². The molecule has 3 aromatic rings. The molecule has 2 unspecified atom stereocenters. The summed E-state index contributed by atoms with van der Waals surface area (Å²) in [5.74, 6) is 0.238. The molecule has 3 aromatic carbocycles. The van der Waals surface area contributed by atoms with E-state index in [0.717, 1.165) is 17.7 Å². The number of halogens is 3. The number of likely N-dealkylation sites (N-methyl/N-ethyl adjacent to an activating group) is 1. The van der Waals surface area contributed by atoms with Gasteiger partial charge in [-0.15, -0.1) is 0 Å². The van der Waals surface area contributed by atoms with E-state index in [2.05, 4.69) is 4.99 Å². The van der Waals surface area contributed by atoms with Gasteiger partial charge in [-0.1, -0.05) is 48.5 Å². The molecule has 0 saturated heterocycles. The van der Waals surface area contributed by atoms with E-state index in [1.54, 1.807) is 31.3 Å². The quantitative estimate of drug-likeness (QED) is 0.604. The number of aliphatic imine (C=N–C) groups is 1. The second-order valence-corrected chi connectivity index (χ2v) is 8.21. The minimum Gasteiger partial charge on any atom is -0.485 e. The third-order valence-corrected chi connectivity index (χ3v) is 6.18. The number of rotatable bonds is 2. The van der Waals surface area contributed by atoms with Crippen LogP contribution in [0.25, 0.3) is 11.1 Å². The number of nitrogens with two attached hydrogens (primary N) is 1. The van der Waals surface area contributed by atoms with E-state index in [9.17, 15) is 18.0 Å². The normalized spacial score (nSPS) is 22.2. The SMILES string of the molecule is CN1C(=O)C2(CC(c3ccccc3)Oc3ccc(-c4cccc(C(F)(F)F)c4)cc32)N=C1N. The largest absolute Gasteiger partial charge is 0.485 e. The minimum atomic E-state index is -4.46. The summed E-state index contributed by atoms with van der Waals surface area (Å²) in [5, 5.41) is 0. The molecule has 0 aliphatic carbocycles. The Morgan fingerprint density at radius 3 is 2.42 bits per heavy atom. The summed E-state index contributed by atoms with van der Waals surface area (Å²) < 4.78 is 45.9. The van der Waals surface area contributed by atoms with Crippen LogP contribution in [0.2, 0.25) is 0 Å². The molecule has 0 saturated carbocycles. The van der Waals surface area contributed by atoms with E-state index < -0.39 is 23.4 Å². The molecule has 1 spiro atoms. The predicted octanol–water partition coefficient (Wildman–Crippen LogP) is 4.88. The maximum atomic E-state index is 13.4. The van der Waals surface area contributed by atoms with Crippen molar-refractivity contribution < 1.29 is 22.7 Å². The van der Waals surface area contributed by atoms with Crippen molar-refractivity contribution in [2.24, 2.45) is 10.7 Å². The number of nitrogens with zero attached hydrogens (tertiary/aromatic N) is 2. The molecule has 2 aliphatic heterocycles. The van der Waals surface area contributed by atoms with E-state index in [1.165, 1.54) is 11.0 Å². The average Bonchev–Trinajstić information content (AvgIpc) is 3.02. The number of fused-ring (bicyclic) bond motifs is 2. The summed E-state index contributed by atoms with van der Waals surface area (Å²) in [7, 11) is 1.55. The maximum Gasteiger partial charge on any atom is 0.416 e. The zero-order chi connectivity index (χ0) is 23.4. The van der Waals surface area contributed by atoms with Crippen molar-refractivity contribution in [3.8, 4) is 16.9 Å². The Balaban J connectivity index is 1.65. The molecule has 0 bridgehead atoms. The number of amides is 1. The van der Waals surface area contributed by atoms with Crippen LogP contribution in [0.3, 0.4) is 0 Å². The lowest BCUT2D eigenvalue weighted by molar-refractivity contribution is -0.137. The molecule has 0 fully saturated rings. The number of hydrogen-bond acceptors (Lipinski definition) is 4. The van der Waals surface area contributed by atoms with Crippen LogP contribution in [0.4, 0.5) is 13.2 Å². The van der Waals surface area contributed by atoms with Crippen molar-refractivity contribution in [3.05, 3.63) is 89.5 Å². The Morgan fingerprint density at radius 2 is 1.76 bits per heavy atom. The molecule has 2 N–H and O–H groups in total. The number of hydrogen-bond donors (Lipinski definition) is 1. The van der Waals surface area contributed by atoms with Crippen LogP contribution in [0.5, 0.6) is 5.75 Å². The fourth-order valence-corrected chi connectivity index (χ4v) is 4.45. The predicted molar refractivity (Wildman–Crippen MR) is 117 cm³/mol.